The lowest BCUT2D eigenvalue weighted by molar-refractivity contribution is -0.122. The van der Waals surface area contributed by atoms with Crippen molar-refractivity contribution in [3.8, 4) is 0 Å². The highest BCUT2D eigenvalue weighted by molar-refractivity contribution is 5.75. The van der Waals surface area contributed by atoms with Gasteiger partial charge in [0.15, 0.2) is 0 Å². The third-order valence-corrected chi connectivity index (χ3v) is 3.37. The summed E-state index contributed by atoms with van der Waals surface area (Å²) >= 11 is 0. The number of hydrogen-bond donors (Lipinski definition) is 2. The number of carbonyl (C=O) groups is 1. The molecule has 2 aromatic rings. The zero-order chi connectivity index (χ0) is 14.5. The number of nitrogens with one attached hydrogen (secondary N) is 2. The normalized spacial score (nSPS) is 14.1. The smallest absolute Gasteiger partial charge is 0.242 e. The molecule has 1 aliphatic carbocycles. The number of hydrogen-bond acceptors (Lipinski definition) is 4. The van der Waals surface area contributed by atoms with E-state index < -0.39 is 0 Å². The van der Waals surface area contributed by atoms with Crippen molar-refractivity contribution in [2.75, 3.05) is 0 Å². The fourth-order valence-corrected chi connectivity index (χ4v) is 2.03. The Bertz CT molecular complexity index is 591. The second-order valence-corrected chi connectivity index (χ2v) is 5.32. The van der Waals surface area contributed by atoms with E-state index in [4.69, 9.17) is 0 Å². The van der Waals surface area contributed by atoms with E-state index in [1.807, 2.05) is 36.5 Å². The number of amides is 1. The second kappa shape index (κ2) is 6.49. The van der Waals surface area contributed by atoms with Crippen LogP contribution in [0.2, 0.25) is 0 Å². The predicted octanol–water partition coefficient (Wildman–Crippen LogP) is 0.846. The maximum Gasteiger partial charge on any atom is 0.242 e. The zero-order valence-corrected chi connectivity index (χ0v) is 11.8. The van der Waals surface area contributed by atoms with Gasteiger partial charge in [0.25, 0.3) is 0 Å². The van der Waals surface area contributed by atoms with Crippen LogP contribution >= 0.6 is 0 Å². The molecule has 1 aromatic heterocycles. The molecule has 0 unspecified atom stereocenters. The molecular weight excluding hydrogens is 266 g/mol. The van der Waals surface area contributed by atoms with Gasteiger partial charge < -0.3 is 10.6 Å². The maximum absolute atomic E-state index is 11.9. The Morgan fingerprint density at radius 1 is 1.24 bits per heavy atom. The van der Waals surface area contributed by atoms with E-state index in [-0.39, 0.29) is 12.5 Å². The lowest BCUT2D eigenvalue weighted by atomic mass is 10.2. The van der Waals surface area contributed by atoms with Crippen LogP contribution in [0.5, 0.6) is 0 Å². The molecule has 0 radical (unpaired) electrons. The molecule has 110 valence electrons. The minimum Gasteiger partial charge on any atom is -0.350 e. The van der Waals surface area contributed by atoms with Crippen LogP contribution in [0, 0.1) is 0 Å². The van der Waals surface area contributed by atoms with Crippen LogP contribution in [0.15, 0.2) is 36.5 Å². The van der Waals surface area contributed by atoms with Gasteiger partial charge >= 0.3 is 0 Å². The molecule has 0 saturated heterocycles. The summed E-state index contributed by atoms with van der Waals surface area (Å²) in [4.78, 5) is 11.9. The Morgan fingerprint density at radius 2 is 2.05 bits per heavy atom. The summed E-state index contributed by atoms with van der Waals surface area (Å²) in [6.45, 7) is 1.45. The average Bonchev–Trinajstić information content (AvgIpc) is 3.24. The summed E-state index contributed by atoms with van der Waals surface area (Å²) in [6.07, 6.45) is 4.31. The van der Waals surface area contributed by atoms with Crippen molar-refractivity contribution < 1.29 is 4.79 Å². The quantitative estimate of drug-likeness (QED) is 0.791. The van der Waals surface area contributed by atoms with Gasteiger partial charge in [-0.05, 0) is 18.4 Å². The van der Waals surface area contributed by atoms with E-state index in [2.05, 4.69) is 20.9 Å². The number of nitrogens with zero attached hydrogens (tertiary/aromatic N) is 3. The molecule has 21 heavy (non-hydrogen) atoms. The summed E-state index contributed by atoms with van der Waals surface area (Å²) in [6, 6.07) is 10.5. The molecular formula is C15H19N5O. The standard InChI is InChI=1S/C15H19N5O/c21-15(17-8-12-4-2-1-3-5-12)11-20-10-14(18-19-20)9-16-13-6-7-13/h1-5,10,13,16H,6-9,11H2,(H,17,21). The van der Waals surface area contributed by atoms with Crippen LogP contribution in [0.25, 0.3) is 0 Å². The average molecular weight is 285 g/mol. The van der Waals surface area contributed by atoms with Crippen LogP contribution in [0.3, 0.4) is 0 Å². The van der Waals surface area contributed by atoms with E-state index in [0.717, 1.165) is 17.8 Å². The van der Waals surface area contributed by atoms with Gasteiger partial charge in [-0.25, -0.2) is 4.68 Å². The minimum atomic E-state index is -0.0644. The maximum atomic E-state index is 11.9. The number of carbonyl (C=O) groups excluding carboxylic acids is 1. The number of aromatic nitrogens is 3. The highest BCUT2D eigenvalue weighted by Gasteiger charge is 2.20. The third-order valence-electron chi connectivity index (χ3n) is 3.37. The second-order valence-electron chi connectivity index (χ2n) is 5.32. The van der Waals surface area contributed by atoms with Gasteiger partial charge in [0.05, 0.1) is 11.9 Å². The van der Waals surface area contributed by atoms with Gasteiger partial charge in [-0.2, -0.15) is 0 Å². The molecule has 0 bridgehead atoms. The van der Waals surface area contributed by atoms with Crippen LogP contribution in [0.4, 0.5) is 0 Å². The van der Waals surface area contributed by atoms with Gasteiger partial charge in [0.1, 0.15) is 6.54 Å². The van der Waals surface area contributed by atoms with Crippen molar-refractivity contribution in [3.63, 3.8) is 0 Å². The molecule has 1 amide bonds. The van der Waals surface area contributed by atoms with E-state index in [1.54, 1.807) is 4.68 Å². The Labute approximate surface area is 123 Å². The minimum absolute atomic E-state index is 0.0644. The van der Waals surface area contributed by atoms with Gasteiger partial charge in [-0.15, -0.1) is 5.10 Å². The fourth-order valence-electron chi connectivity index (χ4n) is 2.03. The van der Waals surface area contributed by atoms with Crippen molar-refractivity contribution in [1.82, 2.24) is 25.6 Å². The first-order valence-corrected chi connectivity index (χ1v) is 7.22. The third kappa shape index (κ3) is 4.39. The van der Waals surface area contributed by atoms with Crippen LogP contribution < -0.4 is 10.6 Å². The fraction of sp³-hybridized carbons (Fsp3) is 0.400. The molecule has 2 N–H and O–H groups in total. The first-order chi connectivity index (χ1) is 10.3. The zero-order valence-electron chi connectivity index (χ0n) is 11.8. The largest absolute Gasteiger partial charge is 0.350 e. The van der Waals surface area contributed by atoms with Crippen molar-refractivity contribution in [1.29, 1.82) is 0 Å². The van der Waals surface area contributed by atoms with Gasteiger partial charge in [-0.3, -0.25) is 4.79 Å². The Balaban J connectivity index is 1.43. The Morgan fingerprint density at radius 3 is 2.81 bits per heavy atom. The summed E-state index contributed by atoms with van der Waals surface area (Å²) in [7, 11) is 0. The number of rotatable bonds is 7. The highest BCUT2D eigenvalue weighted by atomic mass is 16.2. The summed E-state index contributed by atoms with van der Waals surface area (Å²) < 4.78 is 1.57. The molecule has 0 spiro atoms. The summed E-state index contributed by atoms with van der Waals surface area (Å²) in [5, 5.41) is 14.3. The van der Waals surface area contributed by atoms with E-state index >= 15 is 0 Å². The Hall–Kier alpha value is -2.21. The first-order valence-electron chi connectivity index (χ1n) is 7.22. The van der Waals surface area contributed by atoms with Crippen molar-refractivity contribution in [2.24, 2.45) is 0 Å². The molecule has 1 aromatic carbocycles. The molecule has 1 heterocycles. The molecule has 0 aliphatic heterocycles. The molecule has 1 fully saturated rings. The van der Waals surface area contributed by atoms with Crippen molar-refractivity contribution in [2.45, 2.75) is 38.5 Å². The van der Waals surface area contributed by atoms with Crippen molar-refractivity contribution in [3.05, 3.63) is 47.8 Å². The lowest BCUT2D eigenvalue weighted by Gasteiger charge is -2.04. The molecule has 1 saturated carbocycles. The van der Waals surface area contributed by atoms with E-state index in [0.29, 0.717) is 12.6 Å². The van der Waals surface area contributed by atoms with Crippen molar-refractivity contribution >= 4 is 5.91 Å². The van der Waals surface area contributed by atoms with E-state index in [9.17, 15) is 4.79 Å². The highest BCUT2D eigenvalue weighted by Crippen LogP contribution is 2.18. The molecule has 6 nitrogen and oxygen atoms in total. The molecule has 3 rings (SSSR count). The SMILES string of the molecule is O=C(Cn1cc(CNC2CC2)nn1)NCc1ccccc1. The molecule has 1 aliphatic rings. The van der Waals surface area contributed by atoms with Gasteiger partial charge in [-0.1, -0.05) is 35.5 Å². The molecule has 0 atom stereocenters. The first kappa shape index (κ1) is 13.8. The van der Waals surface area contributed by atoms with Crippen LogP contribution in [-0.4, -0.2) is 26.9 Å². The summed E-state index contributed by atoms with van der Waals surface area (Å²) in [5.74, 6) is -0.0644. The van der Waals surface area contributed by atoms with Crippen LogP contribution in [-0.2, 0) is 24.4 Å². The van der Waals surface area contributed by atoms with E-state index in [1.165, 1.54) is 12.8 Å². The number of benzene rings is 1. The topological polar surface area (TPSA) is 71.8 Å². The molecule has 6 heteroatoms. The lowest BCUT2D eigenvalue weighted by Crippen LogP contribution is -2.27. The van der Waals surface area contributed by atoms with Gasteiger partial charge in [0.2, 0.25) is 5.91 Å². The Kier molecular flexibility index (Phi) is 4.25. The summed E-state index contributed by atoms with van der Waals surface area (Å²) in [5.41, 5.74) is 1.96. The monoisotopic (exact) mass is 285 g/mol. The van der Waals surface area contributed by atoms with Crippen LogP contribution in [0.1, 0.15) is 24.1 Å². The predicted molar refractivity (Wildman–Crippen MR) is 78.2 cm³/mol. The van der Waals surface area contributed by atoms with Gasteiger partial charge in [0, 0.05) is 19.1 Å².